The summed E-state index contributed by atoms with van der Waals surface area (Å²) in [5, 5.41) is 2.88. The van der Waals surface area contributed by atoms with Crippen molar-refractivity contribution >= 4 is 5.91 Å². The lowest BCUT2D eigenvalue weighted by atomic mass is 10.2. The molecule has 0 aliphatic rings. The molecule has 0 saturated heterocycles. The van der Waals surface area contributed by atoms with Crippen molar-refractivity contribution in [3.8, 4) is 5.75 Å². The van der Waals surface area contributed by atoms with Crippen molar-refractivity contribution in [2.45, 2.75) is 46.8 Å². The Morgan fingerprint density at radius 3 is 2.74 bits per heavy atom. The lowest BCUT2D eigenvalue weighted by molar-refractivity contribution is 0.0945. The van der Waals surface area contributed by atoms with Gasteiger partial charge in [-0.25, -0.2) is 9.97 Å². The molecule has 1 N–H and O–H groups in total. The second-order valence-corrected chi connectivity index (χ2v) is 5.61. The molecule has 0 aliphatic heterocycles. The first-order chi connectivity index (χ1) is 11.0. The van der Waals surface area contributed by atoms with Crippen LogP contribution in [-0.2, 0) is 6.54 Å². The van der Waals surface area contributed by atoms with Crippen LogP contribution in [0.5, 0.6) is 5.75 Å². The monoisotopic (exact) mass is 313 g/mol. The molecule has 2 aromatic rings. The second kappa shape index (κ2) is 7.72. The molecule has 1 aromatic carbocycles. The third kappa shape index (κ3) is 5.06. The molecule has 0 bridgehead atoms. The smallest absolute Gasteiger partial charge is 0.270 e. The molecule has 23 heavy (non-hydrogen) atoms. The number of hydrogen-bond donors (Lipinski definition) is 1. The topological polar surface area (TPSA) is 64.1 Å². The van der Waals surface area contributed by atoms with Crippen molar-refractivity contribution in [1.29, 1.82) is 0 Å². The molecule has 5 nitrogen and oxygen atoms in total. The Balaban J connectivity index is 2.00. The van der Waals surface area contributed by atoms with Crippen molar-refractivity contribution in [2.75, 3.05) is 0 Å². The Morgan fingerprint density at radius 1 is 1.26 bits per heavy atom. The third-order valence-corrected chi connectivity index (χ3v) is 3.46. The van der Waals surface area contributed by atoms with E-state index in [1.54, 1.807) is 13.0 Å². The van der Waals surface area contributed by atoms with Crippen LogP contribution in [0.1, 0.15) is 47.8 Å². The number of aromatic nitrogens is 2. The van der Waals surface area contributed by atoms with E-state index in [9.17, 15) is 4.79 Å². The summed E-state index contributed by atoms with van der Waals surface area (Å²) in [5.41, 5.74) is 2.16. The van der Waals surface area contributed by atoms with Gasteiger partial charge in [-0.05, 0) is 51.0 Å². The highest BCUT2D eigenvalue weighted by Gasteiger charge is 2.09. The molecule has 1 heterocycles. The standard InChI is InChI=1S/C18H23N3O2/c1-5-13(3)23-16-8-6-7-15(10-16)11-19-18(22)17-9-12(2)20-14(4)21-17/h6-10,13H,5,11H2,1-4H3,(H,19,22). The fraction of sp³-hybridized carbons (Fsp3) is 0.389. The van der Waals surface area contributed by atoms with E-state index in [1.807, 2.05) is 38.1 Å². The highest BCUT2D eigenvalue weighted by molar-refractivity contribution is 5.92. The summed E-state index contributed by atoms with van der Waals surface area (Å²) < 4.78 is 5.79. The first-order valence-corrected chi connectivity index (χ1v) is 7.84. The van der Waals surface area contributed by atoms with E-state index in [0.29, 0.717) is 18.1 Å². The number of ether oxygens (including phenoxy) is 1. The Labute approximate surface area is 137 Å². The molecule has 2 rings (SSSR count). The summed E-state index contributed by atoms with van der Waals surface area (Å²) in [6, 6.07) is 9.45. The minimum atomic E-state index is -0.202. The van der Waals surface area contributed by atoms with Crippen LogP contribution in [0.4, 0.5) is 0 Å². The fourth-order valence-corrected chi connectivity index (χ4v) is 2.15. The van der Waals surface area contributed by atoms with E-state index in [-0.39, 0.29) is 12.0 Å². The number of carbonyl (C=O) groups excluding carboxylic acids is 1. The van der Waals surface area contributed by atoms with Crippen LogP contribution in [0.3, 0.4) is 0 Å². The van der Waals surface area contributed by atoms with Gasteiger partial charge in [0.2, 0.25) is 0 Å². The van der Waals surface area contributed by atoms with Crippen LogP contribution < -0.4 is 10.1 Å². The highest BCUT2D eigenvalue weighted by atomic mass is 16.5. The molecule has 0 saturated carbocycles. The van der Waals surface area contributed by atoms with E-state index in [1.165, 1.54) is 0 Å². The molecular weight excluding hydrogens is 290 g/mol. The van der Waals surface area contributed by atoms with E-state index < -0.39 is 0 Å². The summed E-state index contributed by atoms with van der Waals surface area (Å²) >= 11 is 0. The van der Waals surface area contributed by atoms with Crippen LogP contribution in [-0.4, -0.2) is 22.0 Å². The van der Waals surface area contributed by atoms with E-state index >= 15 is 0 Å². The second-order valence-electron chi connectivity index (χ2n) is 5.61. The van der Waals surface area contributed by atoms with Gasteiger partial charge < -0.3 is 10.1 Å². The summed E-state index contributed by atoms with van der Waals surface area (Å²) in [6.45, 7) is 8.17. The van der Waals surface area contributed by atoms with Crippen LogP contribution in [0.15, 0.2) is 30.3 Å². The molecule has 5 heteroatoms. The van der Waals surface area contributed by atoms with E-state index in [4.69, 9.17) is 4.74 Å². The Morgan fingerprint density at radius 2 is 2.04 bits per heavy atom. The van der Waals surface area contributed by atoms with Crippen molar-refractivity contribution in [3.63, 3.8) is 0 Å². The molecule has 1 amide bonds. The number of nitrogens with zero attached hydrogens (tertiary/aromatic N) is 2. The molecule has 0 spiro atoms. The van der Waals surface area contributed by atoms with E-state index in [2.05, 4.69) is 22.2 Å². The van der Waals surface area contributed by atoms with Crippen LogP contribution >= 0.6 is 0 Å². The maximum absolute atomic E-state index is 12.2. The first kappa shape index (κ1) is 16.9. The quantitative estimate of drug-likeness (QED) is 0.889. The number of amides is 1. The molecule has 0 aliphatic carbocycles. The molecule has 1 unspecified atom stereocenters. The largest absolute Gasteiger partial charge is 0.491 e. The Bertz CT molecular complexity index is 665. The Hall–Kier alpha value is -2.43. The Kier molecular flexibility index (Phi) is 5.68. The number of hydrogen-bond acceptors (Lipinski definition) is 4. The maximum atomic E-state index is 12.2. The average molecular weight is 313 g/mol. The van der Waals surface area contributed by atoms with Crippen molar-refractivity contribution in [3.05, 3.63) is 53.1 Å². The van der Waals surface area contributed by atoms with Gasteiger partial charge in [-0.3, -0.25) is 4.79 Å². The minimum Gasteiger partial charge on any atom is -0.491 e. The highest BCUT2D eigenvalue weighted by Crippen LogP contribution is 2.16. The summed E-state index contributed by atoms with van der Waals surface area (Å²) in [6.07, 6.45) is 1.12. The van der Waals surface area contributed by atoms with Gasteiger partial charge in [0.25, 0.3) is 5.91 Å². The zero-order valence-corrected chi connectivity index (χ0v) is 14.1. The van der Waals surface area contributed by atoms with Gasteiger partial charge in [0.15, 0.2) is 0 Å². The maximum Gasteiger partial charge on any atom is 0.270 e. The van der Waals surface area contributed by atoms with Gasteiger partial charge >= 0.3 is 0 Å². The molecule has 122 valence electrons. The summed E-state index contributed by atoms with van der Waals surface area (Å²) in [7, 11) is 0. The van der Waals surface area contributed by atoms with Crippen molar-refractivity contribution < 1.29 is 9.53 Å². The number of carbonyl (C=O) groups is 1. The third-order valence-electron chi connectivity index (χ3n) is 3.46. The van der Waals surface area contributed by atoms with Crippen LogP contribution in [0.25, 0.3) is 0 Å². The number of benzene rings is 1. The lowest BCUT2D eigenvalue weighted by Crippen LogP contribution is -2.24. The lowest BCUT2D eigenvalue weighted by Gasteiger charge is -2.13. The van der Waals surface area contributed by atoms with Gasteiger partial charge in [0, 0.05) is 12.2 Å². The van der Waals surface area contributed by atoms with Gasteiger partial charge in [-0.1, -0.05) is 19.1 Å². The van der Waals surface area contributed by atoms with Crippen molar-refractivity contribution in [2.24, 2.45) is 0 Å². The average Bonchev–Trinajstić information content (AvgIpc) is 2.52. The van der Waals surface area contributed by atoms with Gasteiger partial charge in [0.05, 0.1) is 6.10 Å². The van der Waals surface area contributed by atoms with Gasteiger partial charge in [0.1, 0.15) is 17.3 Å². The summed E-state index contributed by atoms with van der Waals surface area (Å²) in [4.78, 5) is 20.5. The molecule has 0 radical (unpaired) electrons. The van der Waals surface area contributed by atoms with Gasteiger partial charge in [-0.2, -0.15) is 0 Å². The number of nitrogens with one attached hydrogen (secondary N) is 1. The van der Waals surface area contributed by atoms with E-state index in [0.717, 1.165) is 23.4 Å². The number of rotatable bonds is 6. The predicted octanol–water partition coefficient (Wildman–Crippen LogP) is 3.20. The van der Waals surface area contributed by atoms with Crippen LogP contribution in [0.2, 0.25) is 0 Å². The molecular formula is C18H23N3O2. The fourth-order valence-electron chi connectivity index (χ4n) is 2.15. The molecule has 1 aromatic heterocycles. The zero-order chi connectivity index (χ0) is 16.8. The first-order valence-electron chi connectivity index (χ1n) is 7.84. The normalized spacial score (nSPS) is 11.8. The zero-order valence-electron chi connectivity index (χ0n) is 14.1. The van der Waals surface area contributed by atoms with Crippen molar-refractivity contribution in [1.82, 2.24) is 15.3 Å². The number of aryl methyl sites for hydroxylation is 2. The van der Waals surface area contributed by atoms with Gasteiger partial charge in [-0.15, -0.1) is 0 Å². The SMILES string of the molecule is CCC(C)Oc1cccc(CNC(=O)c2cc(C)nc(C)n2)c1. The summed E-state index contributed by atoms with van der Waals surface area (Å²) in [5.74, 6) is 1.21. The van der Waals surface area contributed by atoms with Crippen LogP contribution in [0, 0.1) is 13.8 Å². The molecule has 0 fully saturated rings. The minimum absolute atomic E-state index is 0.173. The molecule has 1 atom stereocenters. The predicted molar refractivity (Wildman–Crippen MR) is 89.5 cm³/mol.